The van der Waals surface area contributed by atoms with E-state index in [0.717, 1.165) is 7.11 Å². The Morgan fingerprint density at radius 3 is 2.32 bits per heavy atom. The number of fused-ring (bicyclic) bond motifs is 2. The summed E-state index contributed by atoms with van der Waals surface area (Å²) in [4.78, 5) is 37.0. The highest BCUT2D eigenvalue weighted by Gasteiger charge is 2.39. The van der Waals surface area contributed by atoms with Crippen molar-refractivity contribution >= 4 is 17.5 Å². The van der Waals surface area contributed by atoms with E-state index < -0.39 is 41.4 Å². The van der Waals surface area contributed by atoms with Crippen LogP contribution in [0.25, 0.3) is 0 Å². The number of phenols is 2. The predicted octanol–water partition coefficient (Wildman–Crippen LogP) is 0.701. The first kappa shape index (κ1) is 19.5. The Hall–Kier alpha value is -3.23. The van der Waals surface area contributed by atoms with Crippen LogP contribution in [0.5, 0.6) is 11.5 Å². The Morgan fingerprint density at radius 2 is 1.68 bits per heavy atom. The molecule has 0 amide bonds. The topological polar surface area (TPSA) is 141 Å². The van der Waals surface area contributed by atoms with E-state index in [2.05, 4.69) is 4.74 Å². The molecule has 2 aromatic carbocycles. The van der Waals surface area contributed by atoms with Crippen molar-refractivity contribution in [3.8, 4) is 11.5 Å². The van der Waals surface area contributed by atoms with E-state index >= 15 is 0 Å². The van der Waals surface area contributed by atoms with Gasteiger partial charge in [0.25, 0.3) is 0 Å². The first-order valence-corrected chi connectivity index (χ1v) is 8.34. The molecular weight excluding hydrogens is 368 g/mol. The van der Waals surface area contributed by atoms with Crippen LogP contribution < -0.4 is 0 Å². The molecule has 0 aliphatic heterocycles. The molecule has 0 heterocycles. The number of ether oxygens (including phenoxy) is 1. The predicted molar refractivity (Wildman–Crippen MR) is 95.4 cm³/mol. The highest BCUT2D eigenvalue weighted by molar-refractivity contribution is 6.30. The standard InChI is InChI=1S/C20H18O8/c1-20(27,18(25)19(26)28-2)8-9-6-7-11-14(15(9)22)17(24)10-4-3-5-12(21)13(10)16(11)23/h3-7,18,21-22,25,27H,8H2,1-2H3/t18-,20-/m0/s1. The monoisotopic (exact) mass is 386 g/mol. The molecule has 1 aliphatic rings. The van der Waals surface area contributed by atoms with Gasteiger partial charge in [-0.15, -0.1) is 0 Å². The van der Waals surface area contributed by atoms with E-state index in [1.807, 2.05) is 0 Å². The second-order valence-electron chi connectivity index (χ2n) is 6.81. The molecule has 0 saturated heterocycles. The van der Waals surface area contributed by atoms with E-state index in [9.17, 15) is 34.8 Å². The summed E-state index contributed by atoms with van der Waals surface area (Å²) in [7, 11) is 1.05. The average molecular weight is 386 g/mol. The first-order valence-electron chi connectivity index (χ1n) is 8.34. The number of aliphatic hydroxyl groups is 2. The normalized spacial score (nSPS) is 16.0. The number of hydrogen-bond donors (Lipinski definition) is 4. The Labute approximate surface area is 159 Å². The summed E-state index contributed by atoms with van der Waals surface area (Å²) in [6.07, 6.45) is -2.28. The Morgan fingerprint density at radius 1 is 1.07 bits per heavy atom. The number of benzene rings is 2. The molecule has 0 spiro atoms. The largest absolute Gasteiger partial charge is 0.507 e. The van der Waals surface area contributed by atoms with Crippen LogP contribution in [-0.2, 0) is 16.0 Å². The van der Waals surface area contributed by atoms with Crippen LogP contribution in [0.3, 0.4) is 0 Å². The maximum atomic E-state index is 12.8. The first-order chi connectivity index (χ1) is 13.1. The van der Waals surface area contributed by atoms with Crippen molar-refractivity contribution in [2.75, 3.05) is 7.11 Å². The lowest BCUT2D eigenvalue weighted by Crippen LogP contribution is -2.47. The fourth-order valence-electron chi connectivity index (χ4n) is 3.28. The molecule has 8 nitrogen and oxygen atoms in total. The second-order valence-corrected chi connectivity index (χ2v) is 6.81. The number of ketones is 2. The summed E-state index contributed by atoms with van der Waals surface area (Å²) < 4.78 is 4.40. The zero-order valence-corrected chi connectivity index (χ0v) is 15.1. The van der Waals surface area contributed by atoms with E-state index in [-0.39, 0.29) is 33.6 Å². The average Bonchev–Trinajstić information content (AvgIpc) is 2.66. The third kappa shape index (κ3) is 2.92. The molecular formula is C20H18O8. The van der Waals surface area contributed by atoms with Gasteiger partial charge in [0.2, 0.25) is 0 Å². The van der Waals surface area contributed by atoms with Crippen molar-refractivity contribution in [1.82, 2.24) is 0 Å². The van der Waals surface area contributed by atoms with Crippen molar-refractivity contribution in [1.29, 1.82) is 0 Å². The smallest absolute Gasteiger partial charge is 0.337 e. The van der Waals surface area contributed by atoms with Gasteiger partial charge in [-0.05, 0) is 24.6 Å². The fourth-order valence-corrected chi connectivity index (χ4v) is 3.28. The molecule has 8 heteroatoms. The molecule has 0 bridgehead atoms. The van der Waals surface area contributed by atoms with Gasteiger partial charge in [-0.3, -0.25) is 9.59 Å². The molecule has 0 radical (unpaired) electrons. The quantitative estimate of drug-likeness (QED) is 0.480. The SMILES string of the molecule is COC(=O)[C@H](O)[C@@](C)(O)Cc1ccc2c(c1O)C(=O)c1cccc(O)c1C2=O. The van der Waals surface area contributed by atoms with Gasteiger partial charge in [-0.1, -0.05) is 18.2 Å². The number of phenolic OH excluding ortho intramolecular Hbond substituents is 2. The number of methoxy groups -OCH3 is 1. The molecule has 4 N–H and O–H groups in total. The number of esters is 1. The highest BCUT2D eigenvalue weighted by atomic mass is 16.5. The fraction of sp³-hybridized carbons (Fsp3) is 0.250. The van der Waals surface area contributed by atoms with E-state index in [1.165, 1.54) is 37.3 Å². The van der Waals surface area contributed by atoms with Gasteiger partial charge >= 0.3 is 5.97 Å². The zero-order chi connectivity index (χ0) is 20.8. The van der Waals surface area contributed by atoms with Crippen LogP contribution in [0.15, 0.2) is 30.3 Å². The van der Waals surface area contributed by atoms with Crippen LogP contribution in [0.1, 0.15) is 44.3 Å². The lowest BCUT2D eigenvalue weighted by Gasteiger charge is -2.28. The molecule has 2 atom stereocenters. The minimum Gasteiger partial charge on any atom is -0.507 e. The van der Waals surface area contributed by atoms with Gasteiger partial charge in [0, 0.05) is 17.5 Å². The molecule has 0 saturated carbocycles. The summed E-state index contributed by atoms with van der Waals surface area (Å²) in [5, 5.41) is 40.9. The van der Waals surface area contributed by atoms with Gasteiger partial charge in [0.05, 0.1) is 18.2 Å². The number of carbonyl (C=O) groups excluding carboxylic acids is 3. The van der Waals surface area contributed by atoms with Gasteiger partial charge in [0.1, 0.15) is 17.1 Å². The minimum absolute atomic E-state index is 0.0497. The molecule has 0 fully saturated rings. The van der Waals surface area contributed by atoms with Crippen molar-refractivity contribution in [3.63, 3.8) is 0 Å². The Kier molecular flexibility index (Phi) is 4.70. The third-order valence-corrected chi connectivity index (χ3v) is 4.81. The van der Waals surface area contributed by atoms with Crippen LogP contribution in [-0.4, -0.2) is 56.8 Å². The van der Waals surface area contributed by atoms with E-state index in [4.69, 9.17) is 0 Å². The maximum Gasteiger partial charge on any atom is 0.337 e. The van der Waals surface area contributed by atoms with Crippen LogP contribution in [0, 0.1) is 0 Å². The lowest BCUT2D eigenvalue weighted by atomic mass is 9.80. The molecule has 0 unspecified atom stereocenters. The van der Waals surface area contributed by atoms with Crippen molar-refractivity contribution in [2.24, 2.45) is 0 Å². The molecule has 2 aromatic rings. The molecule has 146 valence electrons. The minimum atomic E-state index is -2.00. The van der Waals surface area contributed by atoms with Gasteiger partial charge in [-0.25, -0.2) is 4.79 Å². The van der Waals surface area contributed by atoms with Gasteiger partial charge in [-0.2, -0.15) is 0 Å². The van der Waals surface area contributed by atoms with Crippen molar-refractivity contribution in [2.45, 2.75) is 25.0 Å². The maximum absolute atomic E-state index is 12.8. The van der Waals surface area contributed by atoms with Crippen LogP contribution >= 0.6 is 0 Å². The number of hydrogen-bond acceptors (Lipinski definition) is 8. The van der Waals surface area contributed by atoms with Gasteiger partial charge in [0.15, 0.2) is 17.7 Å². The van der Waals surface area contributed by atoms with Crippen LogP contribution in [0.2, 0.25) is 0 Å². The Balaban J connectivity index is 2.07. The van der Waals surface area contributed by atoms with Crippen molar-refractivity contribution in [3.05, 3.63) is 58.1 Å². The number of carbonyl (C=O) groups is 3. The summed E-state index contributed by atoms with van der Waals surface area (Å²) in [6.45, 7) is 1.17. The summed E-state index contributed by atoms with van der Waals surface area (Å²) >= 11 is 0. The van der Waals surface area contributed by atoms with E-state index in [0.29, 0.717) is 0 Å². The summed E-state index contributed by atoms with van der Waals surface area (Å²) in [5.74, 6) is -3.21. The summed E-state index contributed by atoms with van der Waals surface area (Å²) in [6, 6.07) is 6.66. The number of aliphatic hydroxyl groups excluding tert-OH is 1. The molecule has 0 aromatic heterocycles. The van der Waals surface area contributed by atoms with Crippen molar-refractivity contribution < 1.29 is 39.5 Å². The third-order valence-electron chi connectivity index (χ3n) is 4.81. The molecule has 28 heavy (non-hydrogen) atoms. The number of aromatic hydroxyl groups is 2. The second kappa shape index (κ2) is 6.74. The highest BCUT2D eigenvalue weighted by Crippen LogP contribution is 2.38. The molecule has 3 rings (SSSR count). The molecule has 1 aliphatic carbocycles. The Bertz CT molecular complexity index is 1010. The zero-order valence-electron chi connectivity index (χ0n) is 15.1. The van der Waals surface area contributed by atoms with Crippen LogP contribution in [0.4, 0.5) is 0 Å². The number of rotatable bonds is 4. The van der Waals surface area contributed by atoms with E-state index in [1.54, 1.807) is 0 Å². The summed E-state index contributed by atoms with van der Waals surface area (Å²) in [5.41, 5.74) is -2.49. The van der Waals surface area contributed by atoms with Gasteiger partial charge < -0.3 is 25.2 Å². The lowest BCUT2D eigenvalue weighted by molar-refractivity contribution is -0.164.